The van der Waals surface area contributed by atoms with Gasteiger partial charge in [0.15, 0.2) is 5.82 Å². The van der Waals surface area contributed by atoms with Gasteiger partial charge in [-0.15, -0.1) is 0 Å². The number of nitrogens with one attached hydrogen (secondary N) is 1. The first-order valence-corrected chi connectivity index (χ1v) is 9.67. The number of piperidine rings is 1. The number of ether oxygens (including phenoxy) is 1. The van der Waals surface area contributed by atoms with Crippen LogP contribution in [0.1, 0.15) is 12.8 Å². The van der Waals surface area contributed by atoms with E-state index in [0.29, 0.717) is 25.5 Å². The number of carbonyl (C=O) groups is 1. The van der Waals surface area contributed by atoms with Crippen LogP contribution in [0.15, 0.2) is 55.4 Å². The highest BCUT2D eigenvalue weighted by Gasteiger charge is 2.26. The summed E-state index contributed by atoms with van der Waals surface area (Å²) in [5.74, 6) is 2.22. The molecule has 1 atom stereocenters. The molecule has 1 N–H and O–H groups in total. The largest absolute Gasteiger partial charge is 0.492 e. The second-order valence-electron chi connectivity index (χ2n) is 6.81. The summed E-state index contributed by atoms with van der Waals surface area (Å²) in [4.78, 5) is 27.3. The topological polar surface area (TPSA) is 98.1 Å². The maximum Gasteiger partial charge on any atom is 0.225 e. The number of benzene rings is 1. The molecule has 1 fully saturated rings. The zero-order chi connectivity index (χ0) is 19.9. The van der Waals surface area contributed by atoms with Gasteiger partial charge in [0.25, 0.3) is 0 Å². The molecule has 150 valence electrons. The lowest BCUT2D eigenvalue weighted by Gasteiger charge is -2.32. The van der Waals surface area contributed by atoms with Crippen LogP contribution in [0.3, 0.4) is 0 Å². The summed E-state index contributed by atoms with van der Waals surface area (Å²) < 4.78 is 7.22. The van der Waals surface area contributed by atoms with Gasteiger partial charge in [0, 0.05) is 19.2 Å². The predicted molar refractivity (Wildman–Crippen MR) is 107 cm³/mol. The van der Waals surface area contributed by atoms with Gasteiger partial charge in [-0.25, -0.2) is 19.6 Å². The molecule has 0 saturated carbocycles. The van der Waals surface area contributed by atoms with Crippen molar-refractivity contribution < 1.29 is 9.53 Å². The van der Waals surface area contributed by atoms with Gasteiger partial charge in [-0.3, -0.25) is 4.79 Å². The Morgan fingerprint density at radius 2 is 2.03 bits per heavy atom. The number of hydrogen-bond donors (Lipinski definition) is 1. The van der Waals surface area contributed by atoms with Gasteiger partial charge in [-0.1, -0.05) is 18.2 Å². The first-order chi connectivity index (χ1) is 14.3. The molecular formula is C20H23N7O2. The van der Waals surface area contributed by atoms with E-state index in [4.69, 9.17) is 4.74 Å². The second kappa shape index (κ2) is 9.13. The van der Waals surface area contributed by atoms with Crippen molar-refractivity contribution >= 4 is 11.7 Å². The normalized spacial score (nSPS) is 16.4. The molecule has 9 heteroatoms. The molecular weight excluding hydrogens is 370 g/mol. The Morgan fingerprint density at radius 1 is 1.17 bits per heavy atom. The van der Waals surface area contributed by atoms with Gasteiger partial charge in [0.2, 0.25) is 5.91 Å². The Morgan fingerprint density at radius 3 is 2.86 bits per heavy atom. The van der Waals surface area contributed by atoms with E-state index in [0.717, 1.165) is 31.0 Å². The molecule has 1 aliphatic rings. The molecule has 1 aromatic carbocycles. The van der Waals surface area contributed by atoms with Crippen molar-refractivity contribution in [2.24, 2.45) is 5.92 Å². The van der Waals surface area contributed by atoms with Gasteiger partial charge < -0.3 is 15.0 Å². The first-order valence-electron chi connectivity index (χ1n) is 9.67. The Bertz CT molecular complexity index is 918. The van der Waals surface area contributed by atoms with Crippen molar-refractivity contribution in [2.45, 2.75) is 12.8 Å². The number of carbonyl (C=O) groups excluding carboxylic acids is 1. The van der Waals surface area contributed by atoms with E-state index in [-0.39, 0.29) is 11.8 Å². The SMILES string of the molecule is O=C(NCCOc1ccccc1)C1CCCN(c2cc(-n3cncn3)ncn2)C1. The molecule has 0 bridgehead atoms. The number of aromatic nitrogens is 5. The minimum atomic E-state index is -0.0785. The van der Waals surface area contributed by atoms with Crippen molar-refractivity contribution in [2.75, 3.05) is 31.1 Å². The highest BCUT2D eigenvalue weighted by Crippen LogP contribution is 2.22. The van der Waals surface area contributed by atoms with Crippen LogP contribution in [0.25, 0.3) is 5.82 Å². The van der Waals surface area contributed by atoms with E-state index in [9.17, 15) is 4.79 Å². The van der Waals surface area contributed by atoms with Crippen molar-refractivity contribution in [1.82, 2.24) is 30.0 Å². The third kappa shape index (κ3) is 4.87. The minimum Gasteiger partial charge on any atom is -0.492 e. The lowest BCUT2D eigenvalue weighted by Crippen LogP contribution is -2.44. The summed E-state index contributed by atoms with van der Waals surface area (Å²) in [6.07, 6.45) is 6.36. The van der Waals surface area contributed by atoms with Crippen LogP contribution in [0.2, 0.25) is 0 Å². The molecule has 1 saturated heterocycles. The standard InChI is InChI=1S/C20H23N7O2/c28-20(22-8-10-29-17-6-2-1-3-7-17)16-5-4-9-26(12-16)18-11-19(24-14-23-18)27-15-21-13-25-27/h1-3,6-7,11,13-16H,4-5,8-10,12H2,(H,22,28). The minimum absolute atomic E-state index is 0.0527. The van der Waals surface area contributed by atoms with Crippen molar-refractivity contribution in [3.05, 3.63) is 55.4 Å². The lowest BCUT2D eigenvalue weighted by atomic mass is 9.97. The van der Waals surface area contributed by atoms with E-state index in [1.165, 1.54) is 12.7 Å². The number of para-hydroxylation sites is 1. The van der Waals surface area contributed by atoms with Gasteiger partial charge in [0.05, 0.1) is 12.5 Å². The summed E-state index contributed by atoms with van der Waals surface area (Å²) in [6, 6.07) is 11.4. The number of hydrogen-bond acceptors (Lipinski definition) is 7. The molecule has 2 aromatic heterocycles. The number of anilines is 1. The van der Waals surface area contributed by atoms with Crippen LogP contribution in [-0.4, -0.2) is 56.9 Å². The number of rotatable bonds is 7. The average Bonchev–Trinajstić information content (AvgIpc) is 3.33. The molecule has 1 amide bonds. The molecule has 1 unspecified atom stereocenters. The molecule has 3 aromatic rings. The number of nitrogens with zero attached hydrogens (tertiary/aromatic N) is 6. The quantitative estimate of drug-likeness (QED) is 0.607. The second-order valence-corrected chi connectivity index (χ2v) is 6.81. The molecule has 0 spiro atoms. The van der Waals surface area contributed by atoms with Crippen molar-refractivity contribution in [1.29, 1.82) is 0 Å². The van der Waals surface area contributed by atoms with Crippen molar-refractivity contribution in [3.63, 3.8) is 0 Å². The van der Waals surface area contributed by atoms with E-state index >= 15 is 0 Å². The maximum absolute atomic E-state index is 12.6. The summed E-state index contributed by atoms with van der Waals surface area (Å²) in [5, 5.41) is 7.08. The van der Waals surface area contributed by atoms with Gasteiger partial charge in [-0.05, 0) is 25.0 Å². The van der Waals surface area contributed by atoms with E-state index in [1.54, 1.807) is 11.0 Å². The van der Waals surface area contributed by atoms with Gasteiger partial charge in [-0.2, -0.15) is 5.10 Å². The van der Waals surface area contributed by atoms with Crippen LogP contribution in [0.4, 0.5) is 5.82 Å². The predicted octanol–water partition coefficient (Wildman–Crippen LogP) is 1.47. The molecule has 0 aliphatic carbocycles. The van der Waals surface area contributed by atoms with Crippen molar-refractivity contribution in [3.8, 4) is 11.6 Å². The summed E-state index contributed by atoms with van der Waals surface area (Å²) in [6.45, 7) is 2.40. The van der Waals surface area contributed by atoms with Crippen LogP contribution < -0.4 is 15.0 Å². The fourth-order valence-corrected chi connectivity index (χ4v) is 3.37. The maximum atomic E-state index is 12.6. The Kier molecular flexibility index (Phi) is 5.94. The third-order valence-electron chi connectivity index (χ3n) is 4.82. The van der Waals surface area contributed by atoms with Crippen LogP contribution >= 0.6 is 0 Å². The smallest absolute Gasteiger partial charge is 0.225 e. The molecule has 0 radical (unpaired) electrons. The van der Waals surface area contributed by atoms with Gasteiger partial charge in [0.1, 0.15) is 37.2 Å². The fraction of sp³-hybridized carbons (Fsp3) is 0.350. The van der Waals surface area contributed by atoms with E-state index in [1.807, 2.05) is 36.4 Å². The highest BCUT2D eigenvalue weighted by molar-refractivity contribution is 5.79. The molecule has 3 heterocycles. The molecule has 29 heavy (non-hydrogen) atoms. The Balaban J connectivity index is 1.30. The zero-order valence-electron chi connectivity index (χ0n) is 16.0. The summed E-state index contributed by atoms with van der Waals surface area (Å²) >= 11 is 0. The molecule has 9 nitrogen and oxygen atoms in total. The van der Waals surface area contributed by atoms with Gasteiger partial charge >= 0.3 is 0 Å². The lowest BCUT2D eigenvalue weighted by molar-refractivity contribution is -0.125. The molecule has 4 rings (SSSR count). The van der Waals surface area contributed by atoms with E-state index < -0.39 is 0 Å². The highest BCUT2D eigenvalue weighted by atomic mass is 16.5. The van der Waals surface area contributed by atoms with Crippen LogP contribution in [-0.2, 0) is 4.79 Å². The fourth-order valence-electron chi connectivity index (χ4n) is 3.37. The summed E-state index contributed by atoms with van der Waals surface area (Å²) in [7, 11) is 0. The average molecular weight is 393 g/mol. The van der Waals surface area contributed by atoms with Crippen LogP contribution in [0.5, 0.6) is 5.75 Å². The number of amides is 1. The Hall–Kier alpha value is -3.49. The van der Waals surface area contributed by atoms with E-state index in [2.05, 4.69) is 30.3 Å². The van der Waals surface area contributed by atoms with Crippen LogP contribution in [0, 0.1) is 5.92 Å². The monoisotopic (exact) mass is 393 g/mol. The Labute approximate surface area is 168 Å². The first kappa shape index (κ1) is 18.9. The summed E-state index contributed by atoms with van der Waals surface area (Å²) in [5.41, 5.74) is 0. The molecule has 1 aliphatic heterocycles. The zero-order valence-corrected chi connectivity index (χ0v) is 16.0. The third-order valence-corrected chi connectivity index (χ3v) is 4.82.